The van der Waals surface area contributed by atoms with Gasteiger partial charge in [0.15, 0.2) is 0 Å². The van der Waals surface area contributed by atoms with E-state index in [1.807, 2.05) is 6.92 Å². The zero-order chi connectivity index (χ0) is 11.8. The first kappa shape index (κ1) is 13.1. The van der Waals surface area contributed by atoms with E-state index in [-0.39, 0.29) is 0 Å². The summed E-state index contributed by atoms with van der Waals surface area (Å²) in [5.74, 6) is 0. The van der Waals surface area contributed by atoms with Crippen molar-refractivity contribution in [3.05, 3.63) is 11.4 Å². The molecule has 1 N–H and O–H groups in total. The van der Waals surface area contributed by atoms with E-state index in [0.29, 0.717) is 0 Å². The van der Waals surface area contributed by atoms with E-state index in [2.05, 4.69) is 39.0 Å². The van der Waals surface area contributed by atoms with Gasteiger partial charge in [-0.3, -0.25) is 0 Å². The maximum atomic E-state index is 4.63. The van der Waals surface area contributed by atoms with Gasteiger partial charge in [0.2, 0.25) is 0 Å². The molecule has 0 saturated heterocycles. The third-order valence-corrected chi connectivity index (χ3v) is 2.63. The van der Waals surface area contributed by atoms with E-state index in [1.54, 1.807) is 0 Å². The van der Waals surface area contributed by atoms with Gasteiger partial charge in [0.25, 0.3) is 0 Å². The second-order valence-electron chi connectivity index (χ2n) is 3.91. The molecule has 0 unspecified atom stereocenters. The second-order valence-corrected chi connectivity index (χ2v) is 3.91. The smallest absolute Gasteiger partial charge is 0.121 e. The van der Waals surface area contributed by atoms with Crippen LogP contribution in [0, 0.1) is 6.92 Å². The maximum absolute atomic E-state index is 4.63. The predicted octanol–water partition coefficient (Wildman–Crippen LogP) is 1.20. The SMILES string of the molecule is CCCN(CC)CCNCc1nonc1C. The Labute approximate surface area is 97.2 Å². The molecule has 5 nitrogen and oxygen atoms in total. The molecule has 0 aliphatic rings. The van der Waals surface area contributed by atoms with Gasteiger partial charge in [-0.15, -0.1) is 0 Å². The highest BCUT2D eigenvalue weighted by Crippen LogP contribution is 1.98. The highest BCUT2D eigenvalue weighted by molar-refractivity contribution is 5.03. The van der Waals surface area contributed by atoms with Crippen molar-refractivity contribution >= 4 is 0 Å². The van der Waals surface area contributed by atoms with E-state index >= 15 is 0 Å². The van der Waals surface area contributed by atoms with Crippen LogP contribution in [0.3, 0.4) is 0 Å². The first-order chi connectivity index (χ1) is 7.77. The Morgan fingerprint density at radius 2 is 2.06 bits per heavy atom. The van der Waals surface area contributed by atoms with Crippen LogP contribution in [0.1, 0.15) is 31.7 Å². The summed E-state index contributed by atoms with van der Waals surface area (Å²) in [6.45, 7) is 11.4. The molecular weight excluding hydrogens is 204 g/mol. The molecule has 1 rings (SSSR count). The van der Waals surface area contributed by atoms with Crippen LogP contribution in [-0.4, -0.2) is 41.4 Å². The van der Waals surface area contributed by atoms with Gasteiger partial charge < -0.3 is 10.2 Å². The summed E-state index contributed by atoms with van der Waals surface area (Å²) in [5.41, 5.74) is 1.77. The van der Waals surface area contributed by atoms with Crippen molar-refractivity contribution in [1.82, 2.24) is 20.5 Å². The average Bonchev–Trinajstić information content (AvgIpc) is 2.69. The van der Waals surface area contributed by atoms with E-state index in [1.165, 1.54) is 13.0 Å². The summed E-state index contributed by atoms with van der Waals surface area (Å²) in [7, 11) is 0. The third-order valence-electron chi connectivity index (χ3n) is 2.63. The Balaban J connectivity index is 2.14. The molecule has 0 aliphatic carbocycles. The minimum Gasteiger partial charge on any atom is -0.310 e. The minimum atomic E-state index is 0.735. The summed E-state index contributed by atoms with van der Waals surface area (Å²) in [4.78, 5) is 2.43. The molecule has 1 aromatic rings. The Morgan fingerprint density at radius 3 is 2.62 bits per heavy atom. The van der Waals surface area contributed by atoms with E-state index in [9.17, 15) is 0 Å². The average molecular weight is 226 g/mol. The molecule has 1 aromatic heterocycles. The normalized spacial score (nSPS) is 11.2. The Bertz CT molecular complexity index is 287. The fourth-order valence-electron chi connectivity index (χ4n) is 1.60. The van der Waals surface area contributed by atoms with Crippen molar-refractivity contribution in [2.45, 2.75) is 33.7 Å². The van der Waals surface area contributed by atoms with E-state index in [4.69, 9.17) is 0 Å². The molecule has 0 atom stereocenters. The van der Waals surface area contributed by atoms with Gasteiger partial charge in [-0.25, -0.2) is 4.63 Å². The van der Waals surface area contributed by atoms with Crippen molar-refractivity contribution in [1.29, 1.82) is 0 Å². The number of nitrogens with one attached hydrogen (secondary N) is 1. The van der Waals surface area contributed by atoms with Gasteiger partial charge >= 0.3 is 0 Å². The predicted molar refractivity (Wildman–Crippen MR) is 63.1 cm³/mol. The van der Waals surface area contributed by atoms with Crippen molar-refractivity contribution in [2.75, 3.05) is 26.2 Å². The van der Waals surface area contributed by atoms with Gasteiger partial charge in [0, 0.05) is 19.6 Å². The lowest BCUT2D eigenvalue weighted by Gasteiger charge is -2.19. The van der Waals surface area contributed by atoms with Crippen molar-refractivity contribution in [3.8, 4) is 0 Å². The fourth-order valence-corrected chi connectivity index (χ4v) is 1.60. The van der Waals surface area contributed by atoms with Crippen LogP contribution in [0.25, 0.3) is 0 Å². The molecule has 5 heteroatoms. The highest BCUT2D eigenvalue weighted by Gasteiger charge is 2.04. The molecule has 0 aliphatic heterocycles. The first-order valence-corrected chi connectivity index (χ1v) is 5.99. The number of nitrogens with zero attached hydrogens (tertiary/aromatic N) is 3. The van der Waals surface area contributed by atoms with Crippen LogP contribution in [0.15, 0.2) is 4.63 Å². The van der Waals surface area contributed by atoms with Crippen molar-refractivity contribution in [3.63, 3.8) is 0 Å². The van der Waals surface area contributed by atoms with Crippen LogP contribution in [0.4, 0.5) is 0 Å². The number of hydrogen-bond donors (Lipinski definition) is 1. The number of likely N-dealkylation sites (N-methyl/N-ethyl adjacent to an activating group) is 1. The molecule has 0 amide bonds. The zero-order valence-corrected chi connectivity index (χ0v) is 10.5. The molecule has 0 saturated carbocycles. The zero-order valence-electron chi connectivity index (χ0n) is 10.5. The van der Waals surface area contributed by atoms with Gasteiger partial charge in [-0.2, -0.15) is 0 Å². The van der Waals surface area contributed by atoms with E-state index in [0.717, 1.165) is 37.6 Å². The van der Waals surface area contributed by atoms with Gasteiger partial charge in [0.1, 0.15) is 11.4 Å². The summed E-state index contributed by atoms with van der Waals surface area (Å²) in [6.07, 6.45) is 1.21. The topological polar surface area (TPSA) is 54.2 Å². The van der Waals surface area contributed by atoms with Crippen LogP contribution in [0.5, 0.6) is 0 Å². The summed E-state index contributed by atoms with van der Waals surface area (Å²) in [5, 5.41) is 10.9. The highest BCUT2D eigenvalue weighted by atomic mass is 16.6. The molecule has 0 radical (unpaired) electrons. The second kappa shape index (κ2) is 7.35. The van der Waals surface area contributed by atoms with Crippen molar-refractivity contribution in [2.24, 2.45) is 0 Å². The number of aryl methyl sites for hydroxylation is 1. The monoisotopic (exact) mass is 226 g/mol. The molecule has 0 bridgehead atoms. The van der Waals surface area contributed by atoms with Crippen LogP contribution >= 0.6 is 0 Å². The molecule has 0 spiro atoms. The molecular formula is C11H22N4O. The molecule has 0 aromatic carbocycles. The molecule has 92 valence electrons. The van der Waals surface area contributed by atoms with Crippen molar-refractivity contribution < 1.29 is 4.63 Å². The van der Waals surface area contributed by atoms with Crippen LogP contribution < -0.4 is 5.32 Å². The molecule has 0 fully saturated rings. The summed E-state index contributed by atoms with van der Waals surface area (Å²) < 4.78 is 4.63. The Kier molecular flexibility index (Phi) is 6.03. The van der Waals surface area contributed by atoms with Gasteiger partial charge in [-0.1, -0.05) is 24.2 Å². The molecule has 16 heavy (non-hydrogen) atoms. The molecule has 1 heterocycles. The van der Waals surface area contributed by atoms with Gasteiger partial charge in [-0.05, 0) is 26.4 Å². The first-order valence-electron chi connectivity index (χ1n) is 5.99. The quantitative estimate of drug-likeness (QED) is 0.675. The Hall–Kier alpha value is -0.940. The summed E-state index contributed by atoms with van der Waals surface area (Å²) >= 11 is 0. The maximum Gasteiger partial charge on any atom is 0.121 e. The number of aromatic nitrogens is 2. The van der Waals surface area contributed by atoms with Crippen LogP contribution in [0.2, 0.25) is 0 Å². The largest absolute Gasteiger partial charge is 0.310 e. The standard InChI is InChI=1S/C11H22N4O/c1-4-7-15(5-2)8-6-12-9-11-10(3)13-16-14-11/h12H,4-9H2,1-3H3. The van der Waals surface area contributed by atoms with Gasteiger partial charge in [0.05, 0.1) is 0 Å². The Morgan fingerprint density at radius 1 is 1.25 bits per heavy atom. The third kappa shape index (κ3) is 4.28. The number of hydrogen-bond acceptors (Lipinski definition) is 5. The van der Waals surface area contributed by atoms with E-state index < -0.39 is 0 Å². The van der Waals surface area contributed by atoms with Crippen LogP contribution in [-0.2, 0) is 6.54 Å². The fraction of sp³-hybridized carbons (Fsp3) is 0.818. The summed E-state index contributed by atoms with van der Waals surface area (Å²) in [6, 6.07) is 0. The minimum absolute atomic E-state index is 0.735. The number of rotatable bonds is 8. The lowest BCUT2D eigenvalue weighted by molar-refractivity contribution is 0.285. The lowest BCUT2D eigenvalue weighted by Crippen LogP contribution is -2.32. The lowest BCUT2D eigenvalue weighted by atomic mass is 10.3.